The van der Waals surface area contributed by atoms with E-state index in [4.69, 9.17) is 28.7 Å². The molecular weight excluding hydrogens is 1940 g/mol. The summed E-state index contributed by atoms with van der Waals surface area (Å²) in [6.07, 6.45) is 9.20. The van der Waals surface area contributed by atoms with Gasteiger partial charge in [-0.05, 0) is 158 Å². The quantitative estimate of drug-likeness (QED) is 0.0345. The van der Waals surface area contributed by atoms with Crippen molar-refractivity contribution < 1.29 is 126 Å². The monoisotopic (exact) mass is 2100 g/mol. The van der Waals surface area contributed by atoms with E-state index in [1.54, 1.807) is 57.3 Å². The lowest BCUT2D eigenvalue weighted by molar-refractivity contribution is -0.142. The van der Waals surface area contributed by atoms with E-state index in [1.165, 1.54) is 13.8 Å². The Balaban J connectivity index is 0.000000722. The van der Waals surface area contributed by atoms with E-state index in [0.29, 0.717) is 57.2 Å². The molecule has 2 fully saturated rings. The lowest BCUT2D eigenvalue weighted by Gasteiger charge is -2.33. The molecule has 2 bridgehead atoms. The van der Waals surface area contributed by atoms with Gasteiger partial charge in [0.25, 0.3) is 0 Å². The van der Waals surface area contributed by atoms with E-state index >= 15 is 14.4 Å². The number of amides is 12. The number of carbonyl (C=O) groups is 22. The molecule has 1 aromatic carbocycles. The second-order valence-corrected chi connectivity index (χ2v) is 43.3. The predicted molar refractivity (Wildman–Crippen MR) is 559 cm³/mol. The Bertz CT molecular complexity index is 4930. The van der Waals surface area contributed by atoms with Gasteiger partial charge in [-0.15, -0.1) is 0 Å². The van der Waals surface area contributed by atoms with Crippen LogP contribution in [-0.4, -0.2) is 247 Å². The highest BCUT2D eigenvalue weighted by Gasteiger charge is 2.49. The molecule has 3 aliphatic heterocycles. The van der Waals surface area contributed by atoms with Crippen LogP contribution in [0, 0.1) is 76.4 Å². The Morgan fingerprint density at radius 3 is 1.62 bits per heavy atom. The zero-order chi connectivity index (χ0) is 113. The fraction of sp³-hybridized carbons (Fsp3) is 0.679. The number of rotatable bonds is 53. The molecule has 3 heterocycles. The minimum Gasteiger partial charge on any atom is -0.481 e. The molecule has 1 aliphatic carbocycles. The van der Waals surface area contributed by atoms with Crippen LogP contribution in [0.5, 0.6) is 0 Å². The number of aliphatic imine (C=N–C) groups is 1. The maximum Gasteiger partial charge on any atom is 0.305 e. The number of hydrogen-bond acceptors (Lipinski definition) is 27. The van der Waals surface area contributed by atoms with Crippen LogP contribution in [-0.2, 0) is 112 Å². The molecule has 0 saturated carbocycles. The molecular formula is C109H169N15O26. The number of allylic oxidation sites excluding steroid dienone is 4. The van der Waals surface area contributed by atoms with E-state index in [0.717, 1.165) is 43.4 Å². The molecule has 0 aromatic heterocycles. The van der Waals surface area contributed by atoms with Gasteiger partial charge in [-0.1, -0.05) is 170 Å². The van der Waals surface area contributed by atoms with E-state index in [2.05, 4.69) is 47.5 Å². The molecule has 41 heteroatoms. The number of nitrogens with one attached hydrogen (secondary N) is 8. The number of carboxylic acids is 2. The molecule has 150 heavy (non-hydrogen) atoms. The van der Waals surface area contributed by atoms with Gasteiger partial charge in [0.05, 0.1) is 67.4 Å². The first-order chi connectivity index (χ1) is 70.5. The highest BCUT2D eigenvalue weighted by Crippen LogP contribution is 2.35. The molecule has 4 aliphatic rings. The second-order valence-electron chi connectivity index (χ2n) is 43.3. The first kappa shape index (κ1) is 130. The van der Waals surface area contributed by atoms with Crippen molar-refractivity contribution in [3.05, 3.63) is 72.0 Å². The summed E-state index contributed by atoms with van der Waals surface area (Å²) in [6, 6.07) is -0.343. The number of benzene rings is 1. The smallest absolute Gasteiger partial charge is 0.305 e. The number of Topliss-reactive ketones (excluding diaryl/α,β-unsaturated/α-hetero) is 8. The third-order valence-electron chi connectivity index (χ3n) is 27.8. The maximum absolute atomic E-state index is 15.1. The fourth-order valence-electron chi connectivity index (χ4n) is 19.3. The number of aliphatic carboxylic acids is 2. The predicted octanol–water partition coefficient (Wildman–Crippen LogP) is 5.75. The summed E-state index contributed by atoms with van der Waals surface area (Å²) < 4.78 is 0. The van der Waals surface area contributed by atoms with E-state index in [-0.39, 0.29) is 151 Å². The Morgan fingerprint density at radius 2 is 1.06 bits per heavy atom. The van der Waals surface area contributed by atoms with Crippen molar-refractivity contribution in [3.63, 3.8) is 0 Å². The molecule has 5 rings (SSSR count). The number of primary amides is 4. The zero-order valence-corrected chi connectivity index (χ0v) is 89.9. The van der Waals surface area contributed by atoms with Gasteiger partial charge in [0, 0.05) is 137 Å². The Hall–Kier alpha value is -12.1. The molecule has 1 aromatic rings. The van der Waals surface area contributed by atoms with Crippen LogP contribution in [0.25, 0.3) is 0 Å². The van der Waals surface area contributed by atoms with Crippen LogP contribution in [0.15, 0.2) is 71.4 Å². The SMILES string of the molecule is CC(C)C[C@@H]1CC(=O)[C@H](CC(=O)O)NC(=O)C(C)(C)CCCCCCCCCN2CC[C@@](C(=O)C[C@@H](CCC(=O)O)C(=O)N[C@@H](CC(N)=O)C(N)=O)(C2)NC(=O)[C@H](CC(C)C)CC(=O)[C@H](CC(C)C)NC(=O)[C@H](CCCCN)CC(=O)[C@H](CC2=CN=C3C=CC=CC23)NC1=O.CCC(=O)[C@H](Cc1ccccc1)NC(=O)[C@@H](CC(=O)[C@H](CCC(N)=O)NC(=O)[C@H](CCC(N)=O)CC(=O)[C@H](CO)NC(=O)[C@@H](CC(C)=O)CC(C)C)C(C)O. The van der Waals surface area contributed by atoms with E-state index < -0.39 is 276 Å². The lowest BCUT2D eigenvalue weighted by atomic mass is 9.82. The number of nitrogens with zero attached hydrogens (tertiary/aromatic N) is 2. The van der Waals surface area contributed by atoms with Crippen molar-refractivity contribution in [2.75, 3.05) is 32.8 Å². The number of ketones is 8. The number of nitrogens with two attached hydrogens (primary N) is 5. The first-order valence-corrected chi connectivity index (χ1v) is 53.1. The number of unbranched alkanes of at least 4 members (excludes halogenated alkanes) is 1. The van der Waals surface area contributed by atoms with Crippen molar-refractivity contribution in [3.8, 4) is 0 Å². The normalized spacial score (nSPS) is 22.3. The highest BCUT2D eigenvalue weighted by molar-refractivity contribution is 6.05. The molecule has 2 saturated heterocycles. The van der Waals surface area contributed by atoms with Gasteiger partial charge in [0.2, 0.25) is 70.9 Å². The van der Waals surface area contributed by atoms with Gasteiger partial charge in [-0.25, -0.2) is 0 Å². The topological polar surface area (TPSA) is 698 Å². The van der Waals surface area contributed by atoms with Gasteiger partial charge >= 0.3 is 11.9 Å². The summed E-state index contributed by atoms with van der Waals surface area (Å²) in [4.78, 5) is 303. The van der Waals surface area contributed by atoms with Crippen LogP contribution in [0.4, 0.5) is 0 Å². The van der Waals surface area contributed by atoms with Crippen molar-refractivity contribution >= 4 is 135 Å². The van der Waals surface area contributed by atoms with Gasteiger partial charge in [0.15, 0.2) is 40.5 Å². The van der Waals surface area contributed by atoms with Crippen molar-refractivity contribution in [1.82, 2.24) is 47.4 Å². The average molecular weight is 2110 g/mol. The average Bonchev–Trinajstić information content (AvgIpc) is 1.64. The number of hydrogen-bond donors (Lipinski definition) is 17. The standard InChI is InChI=1S/C70H110N10O15.C39H59N5O11/c1-42(2)30-47-35-58(83)54(39-62(88)89)78-68(95)69(7,8)25-17-12-10-9-11-13-19-28-80-29-26-70(41-80,59(84)37-46(23-24-61(86)87)65(92)77-55(63(73)90)38-60(72)85)79-67(94)48(31-43(3)4)36-57(82)52(32-44(5)6)75-64(91)45(20-16-18-27-71)34-56(81)53(76-66(47)93)33-49-40-74-51-22-15-14-21-50(49)51;1-6-32(48)30(18-25-10-8-7-9-11-25)43-39(55)28(24(5)47)20-34(50)29(13-15-36(41)52)42-37(53)26(12-14-35(40)51)19-33(49)31(21-45)44-38(54)27(16-22(2)3)17-23(4)46/h14-15,21-22,40,42-48,50,52-55H,9-13,16-20,23-39,41,71H2,1-8H3,(H2,72,85)(H2,73,90)(H,75,91)(H,76,93)(H,77,92)(H,78,95)(H,79,94)(H,86,87)(H,88,89);7-11,22,24,26-31,45,47H,6,12-21H2,1-5H3,(H2,40,51)(H2,41,52)(H,42,53)(H,43,55)(H,44,54)/t45-,46-,47-,48-,50?,52+,53+,54+,55+,70+;24?,26-,27-,28+,29+,30+,31+/m11/s1. The van der Waals surface area contributed by atoms with Gasteiger partial charge in [-0.2, -0.15) is 0 Å². The third-order valence-corrected chi connectivity index (χ3v) is 27.8. The summed E-state index contributed by atoms with van der Waals surface area (Å²) >= 11 is 0. The molecule has 3 unspecified atom stereocenters. The van der Waals surface area contributed by atoms with Crippen LogP contribution in [0.1, 0.15) is 307 Å². The molecule has 22 N–H and O–H groups in total. The number of carbonyl (C=O) groups excluding carboxylic acids is 20. The molecule has 18 atom stereocenters. The fourth-order valence-corrected chi connectivity index (χ4v) is 19.3. The van der Waals surface area contributed by atoms with Gasteiger partial charge in [-0.3, -0.25) is 106 Å². The summed E-state index contributed by atoms with van der Waals surface area (Å²) in [5.41, 5.74) is 27.0. The van der Waals surface area contributed by atoms with Gasteiger partial charge < -0.3 is 101 Å². The second kappa shape index (κ2) is 65.9. The lowest BCUT2D eigenvalue weighted by Crippen LogP contribution is -2.59. The molecule has 0 radical (unpaired) electrons. The molecule has 41 nitrogen and oxygen atoms in total. The summed E-state index contributed by atoms with van der Waals surface area (Å²) in [6.45, 7) is 22.9. The summed E-state index contributed by atoms with van der Waals surface area (Å²) in [5, 5.41) is 62.0. The van der Waals surface area contributed by atoms with Crippen LogP contribution >= 0.6 is 0 Å². The Kier molecular flexibility index (Phi) is 57.2. The summed E-state index contributed by atoms with van der Waals surface area (Å²) in [5.74, 6) is -24.9. The van der Waals surface area contributed by atoms with Crippen LogP contribution < -0.4 is 71.2 Å². The number of fused-ring (bicyclic) bond motifs is 3. The third kappa shape index (κ3) is 47.2. The van der Waals surface area contributed by atoms with Gasteiger partial charge in [0.1, 0.15) is 23.4 Å². The molecule has 0 spiro atoms. The number of aliphatic hydroxyl groups is 2. The maximum atomic E-state index is 15.1. The Morgan fingerprint density at radius 1 is 0.527 bits per heavy atom. The van der Waals surface area contributed by atoms with Crippen molar-refractivity contribution in [2.45, 2.75) is 362 Å². The minimum absolute atomic E-state index is 0.00804. The van der Waals surface area contributed by atoms with Crippen molar-refractivity contribution in [1.29, 1.82) is 0 Å². The number of carboxylic acid groups (broad SMARTS) is 2. The summed E-state index contributed by atoms with van der Waals surface area (Å²) in [7, 11) is 0. The first-order valence-electron chi connectivity index (χ1n) is 53.1. The molecule has 836 valence electrons. The highest BCUT2D eigenvalue weighted by atomic mass is 16.4. The van der Waals surface area contributed by atoms with Crippen LogP contribution in [0.2, 0.25) is 0 Å². The number of aliphatic hydroxyl groups excluding tert-OH is 2. The largest absolute Gasteiger partial charge is 0.481 e. The minimum atomic E-state index is -1.64. The zero-order valence-electron chi connectivity index (χ0n) is 89.9. The van der Waals surface area contributed by atoms with E-state index in [1.807, 2.05) is 84.6 Å². The van der Waals surface area contributed by atoms with Crippen molar-refractivity contribution in [2.24, 2.45) is 110 Å². The Labute approximate surface area is 880 Å². The van der Waals surface area contributed by atoms with Crippen LogP contribution in [0.3, 0.4) is 0 Å². The van der Waals surface area contributed by atoms with E-state index in [9.17, 15) is 112 Å². The molecule has 12 amide bonds.